The van der Waals surface area contributed by atoms with Crippen LogP contribution in [0.3, 0.4) is 0 Å². The smallest absolute Gasteiger partial charge is 0.271 e. The van der Waals surface area contributed by atoms with Crippen molar-refractivity contribution < 1.29 is 9.90 Å². The molecule has 0 unspecified atom stereocenters. The lowest BCUT2D eigenvalue weighted by Crippen LogP contribution is -2.17. The third kappa shape index (κ3) is 3.36. The molecule has 2 aromatic carbocycles. The van der Waals surface area contributed by atoms with Gasteiger partial charge in [0.1, 0.15) is 5.75 Å². The number of nitrogens with one attached hydrogen (secondary N) is 1. The highest BCUT2D eigenvalue weighted by atomic mass is 35.5. The molecule has 5 heteroatoms. The fourth-order valence-corrected chi connectivity index (χ4v) is 1.80. The Hall–Kier alpha value is -2.33. The Morgan fingerprint density at radius 2 is 1.95 bits per heavy atom. The van der Waals surface area contributed by atoms with Gasteiger partial charge in [0.15, 0.2) is 0 Å². The monoisotopic (exact) mass is 288 g/mol. The number of hydrazone groups is 1. The third-order valence-electron chi connectivity index (χ3n) is 2.70. The first kappa shape index (κ1) is 14.1. The van der Waals surface area contributed by atoms with Gasteiger partial charge in [0.05, 0.1) is 16.8 Å². The molecule has 0 spiro atoms. The molecule has 0 heterocycles. The van der Waals surface area contributed by atoms with Crippen molar-refractivity contribution in [1.29, 1.82) is 0 Å². The second-order valence-electron chi connectivity index (χ2n) is 4.24. The second kappa shape index (κ2) is 6.21. The van der Waals surface area contributed by atoms with Crippen LogP contribution in [0.5, 0.6) is 5.75 Å². The lowest BCUT2D eigenvalue weighted by atomic mass is 10.1. The van der Waals surface area contributed by atoms with Crippen molar-refractivity contribution in [3.05, 3.63) is 64.2 Å². The zero-order valence-corrected chi connectivity index (χ0v) is 11.6. The van der Waals surface area contributed by atoms with Crippen molar-refractivity contribution in [3.63, 3.8) is 0 Å². The van der Waals surface area contributed by atoms with Crippen LogP contribution in [-0.2, 0) is 0 Å². The molecule has 102 valence electrons. The predicted octanol–water partition coefficient (Wildman–Crippen LogP) is 3.12. The predicted molar refractivity (Wildman–Crippen MR) is 79.4 cm³/mol. The lowest BCUT2D eigenvalue weighted by molar-refractivity contribution is 0.0955. The topological polar surface area (TPSA) is 61.7 Å². The Morgan fingerprint density at radius 1 is 1.25 bits per heavy atom. The Morgan fingerprint density at radius 3 is 2.60 bits per heavy atom. The highest BCUT2D eigenvalue weighted by Gasteiger charge is 2.05. The molecule has 2 aromatic rings. The van der Waals surface area contributed by atoms with Gasteiger partial charge in [-0.1, -0.05) is 35.4 Å². The molecule has 0 radical (unpaired) electrons. The van der Waals surface area contributed by atoms with Crippen LogP contribution in [0.2, 0.25) is 5.02 Å². The Labute approximate surface area is 121 Å². The van der Waals surface area contributed by atoms with E-state index in [1.165, 1.54) is 12.3 Å². The number of nitrogens with zero attached hydrogens (tertiary/aromatic N) is 1. The summed E-state index contributed by atoms with van der Waals surface area (Å²) in [5, 5.41) is 13.8. The standard InChI is InChI=1S/C15H13ClN2O2/c1-10-5-7-11(8-6-10)15(20)18-17-9-12-13(16)3-2-4-14(12)19/h2-9,19H,1H3,(H,18,20)/b17-9-. The molecule has 0 aromatic heterocycles. The Bertz CT molecular complexity index is 631. The number of phenols is 1. The largest absolute Gasteiger partial charge is 0.507 e. The summed E-state index contributed by atoms with van der Waals surface area (Å²) in [5.41, 5.74) is 4.33. The summed E-state index contributed by atoms with van der Waals surface area (Å²) in [7, 11) is 0. The number of hydrogen-bond acceptors (Lipinski definition) is 3. The molecule has 0 saturated carbocycles. The van der Waals surface area contributed by atoms with Crippen molar-refractivity contribution >= 4 is 23.7 Å². The summed E-state index contributed by atoms with van der Waals surface area (Å²) in [6.45, 7) is 1.94. The number of carbonyl (C=O) groups is 1. The van der Waals surface area contributed by atoms with E-state index >= 15 is 0 Å². The molecule has 0 aliphatic carbocycles. The van der Waals surface area contributed by atoms with Crippen LogP contribution >= 0.6 is 11.6 Å². The Kier molecular flexibility index (Phi) is 4.38. The summed E-state index contributed by atoms with van der Waals surface area (Å²) in [4.78, 5) is 11.8. The fraction of sp³-hybridized carbons (Fsp3) is 0.0667. The van der Waals surface area contributed by atoms with Crippen molar-refractivity contribution in [2.75, 3.05) is 0 Å². The maximum Gasteiger partial charge on any atom is 0.271 e. The number of hydrogen-bond donors (Lipinski definition) is 2. The second-order valence-corrected chi connectivity index (χ2v) is 4.64. The van der Waals surface area contributed by atoms with Crippen molar-refractivity contribution in [1.82, 2.24) is 5.43 Å². The van der Waals surface area contributed by atoms with E-state index in [1.54, 1.807) is 24.3 Å². The molecule has 0 aliphatic rings. The van der Waals surface area contributed by atoms with E-state index in [0.29, 0.717) is 16.1 Å². The first-order valence-electron chi connectivity index (χ1n) is 5.95. The summed E-state index contributed by atoms with van der Waals surface area (Å²) in [6, 6.07) is 11.9. The molecule has 0 saturated heterocycles. The normalized spacial score (nSPS) is 10.7. The lowest BCUT2D eigenvalue weighted by Gasteiger charge is -2.02. The molecule has 1 amide bonds. The number of benzene rings is 2. The van der Waals surface area contributed by atoms with Gasteiger partial charge in [-0.2, -0.15) is 5.10 Å². The van der Waals surface area contributed by atoms with E-state index in [4.69, 9.17) is 11.6 Å². The number of halogens is 1. The van der Waals surface area contributed by atoms with Crippen molar-refractivity contribution in [2.24, 2.45) is 5.10 Å². The van der Waals surface area contributed by atoms with Gasteiger partial charge in [-0.05, 0) is 31.2 Å². The van der Waals surface area contributed by atoms with E-state index in [2.05, 4.69) is 10.5 Å². The molecule has 2 N–H and O–H groups in total. The third-order valence-corrected chi connectivity index (χ3v) is 3.03. The Balaban J connectivity index is 2.06. The number of phenolic OH excluding ortho intramolecular Hbond substituents is 1. The molecule has 4 nitrogen and oxygen atoms in total. The molecule has 0 fully saturated rings. The average molecular weight is 289 g/mol. The van der Waals surface area contributed by atoms with Crippen LogP contribution in [-0.4, -0.2) is 17.2 Å². The zero-order chi connectivity index (χ0) is 14.5. The number of aromatic hydroxyl groups is 1. The first-order valence-corrected chi connectivity index (χ1v) is 6.33. The SMILES string of the molecule is Cc1ccc(C(=O)N/N=C\c2c(O)cccc2Cl)cc1. The van der Waals surface area contributed by atoms with Gasteiger partial charge >= 0.3 is 0 Å². The summed E-state index contributed by atoms with van der Waals surface area (Å²) >= 11 is 5.92. The molecule has 0 aliphatic heterocycles. The molecular weight excluding hydrogens is 276 g/mol. The maximum absolute atomic E-state index is 11.8. The van der Waals surface area contributed by atoms with Gasteiger partial charge < -0.3 is 5.11 Å². The molecular formula is C15H13ClN2O2. The molecule has 0 atom stereocenters. The maximum atomic E-state index is 11.8. The minimum Gasteiger partial charge on any atom is -0.507 e. The van der Waals surface area contributed by atoms with Gasteiger partial charge in [0.2, 0.25) is 0 Å². The number of rotatable bonds is 3. The average Bonchev–Trinajstić information content (AvgIpc) is 2.42. The zero-order valence-electron chi connectivity index (χ0n) is 10.8. The molecule has 20 heavy (non-hydrogen) atoms. The van der Waals surface area contributed by atoms with E-state index in [9.17, 15) is 9.90 Å². The highest BCUT2D eigenvalue weighted by molar-refractivity contribution is 6.33. The van der Waals surface area contributed by atoms with Gasteiger partial charge in [0.25, 0.3) is 5.91 Å². The van der Waals surface area contributed by atoms with Crippen LogP contribution < -0.4 is 5.43 Å². The van der Waals surface area contributed by atoms with Crippen LogP contribution in [0.15, 0.2) is 47.6 Å². The van der Waals surface area contributed by atoms with Crippen LogP contribution in [0, 0.1) is 6.92 Å². The summed E-state index contributed by atoms with van der Waals surface area (Å²) < 4.78 is 0. The van der Waals surface area contributed by atoms with Gasteiger partial charge in [0, 0.05) is 5.56 Å². The minimum atomic E-state index is -0.326. The van der Waals surface area contributed by atoms with E-state index in [0.717, 1.165) is 5.56 Å². The first-order chi connectivity index (χ1) is 9.58. The van der Waals surface area contributed by atoms with Crippen LogP contribution in [0.4, 0.5) is 0 Å². The number of aryl methyl sites for hydroxylation is 1. The van der Waals surface area contributed by atoms with E-state index < -0.39 is 0 Å². The van der Waals surface area contributed by atoms with Gasteiger partial charge in [-0.25, -0.2) is 5.43 Å². The quantitative estimate of drug-likeness (QED) is 0.673. The van der Waals surface area contributed by atoms with Crippen molar-refractivity contribution in [2.45, 2.75) is 6.92 Å². The van der Waals surface area contributed by atoms with Gasteiger partial charge in [-0.3, -0.25) is 4.79 Å². The molecule has 0 bridgehead atoms. The molecule has 2 rings (SSSR count). The summed E-state index contributed by atoms with van der Waals surface area (Å²) in [5.74, 6) is -0.321. The van der Waals surface area contributed by atoms with Crippen molar-refractivity contribution in [3.8, 4) is 5.75 Å². The van der Waals surface area contributed by atoms with E-state index in [1.807, 2.05) is 19.1 Å². The summed E-state index contributed by atoms with van der Waals surface area (Å²) in [6.07, 6.45) is 1.31. The highest BCUT2D eigenvalue weighted by Crippen LogP contribution is 2.22. The number of amides is 1. The van der Waals surface area contributed by atoms with E-state index in [-0.39, 0.29) is 11.7 Å². The van der Waals surface area contributed by atoms with Gasteiger partial charge in [-0.15, -0.1) is 0 Å². The number of carbonyl (C=O) groups excluding carboxylic acids is 1. The van der Waals surface area contributed by atoms with Crippen LogP contribution in [0.1, 0.15) is 21.5 Å². The van der Waals surface area contributed by atoms with Crippen LogP contribution in [0.25, 0.3) is 0 Å². The minimum absolute atomic E-state index is 0.00540. The fourth-order valence-electron chi connectivity index (χ4n) is 1.58.